The minimum atomic E-state index is -3.52. The van der Waals surface area contributed by atoms with Crippen LogP contribution < -0.4 is 0 Å². The number of amides is 1. The molecular formula is C17H25FN2O3S. The van der Waals surface area contributed by atoms with Gasteiger partial charge < -0.3 is 4.90 Å². The lowest BCUT2D eigenvalue weighted by molar-refractivity contribution is -0.131. The Balaban J connectivity index is 1.99. The van der Waals surface area contributed by atoms with Crippen LogP contribution in [0.15, 0.2) is 24.3 Å². The summed E-state index contributed by atoms with van der Waals surface area (Å²) in [5.41, 5.74) is 0.310. The maximum Gasteiger partial charge on any atom is 0.223 e. The topological polar surface area (TPSA) is 57.7 Å². The monoisotopic (exact) mass is 356 g/mol. The van der Waals surface area contributed by atoms with Crippen molar-refractivity contribution in [1.82, 2.24) is 9.21 Å². The van der Waals surface area contributed by atoms with Crippen molar-refractivity contribution < 1.29 is 17.6 Å². The highest BCUT2D eigenvalue weighted by atomic mass is 32.2. The zero-order valence-electron chi connectivity index (χ0n) is 14.1. The van der Waals surface area contributed by atoms with Crippen LogP contribution in [0.25, 0.3) is 0 Å². The molecule has 1 fully saturated rings. The van der Waals surface area contributed by atoms with Crippen molar-refractivity contribution in [3.63, 3.8) is 0 Å². The van der Waals surface area contributed by atoms with Crippen molar-refractivity contribution >= 4 is 15.9 Å². The molecule has 1 aliphatic rings. The van der Waals surface area contributed by atoms with Crippen LogP contribution in [0.1, 0.15) is 37.7 Å². The molecule has 1 heterocycles. The minimum Gasteiger partial charge on any atom is -0.343 e. The van der Waals surface area contributed by atoms with Gasteiger partial charge >= 0.3 is 0 Å². The van der Waals surface area contributed by atoms with Gasteiger partial charge in [-0.2, -0.15) is 4.31 Å². The van der Waals surface area contributed by atoms with Gasteiger partial charge in [-0.25, -0.2) is 12.8 Å². The van der Waals surface area contributed by atoms with Crippen LogP contribution in [0.3, 0.4) is 0 Å². The predicted octanol–water partition coefficient (Wildman–Crippen LogP) is 2.38. The van der Waals surface area contributed by atoms with Crippen LogP contribution in [0.4, 0.5) is 4.39 Å². The summed E-state index contributed by atoms with van der Waals surface area (Å²) in [6.07, 6.45) is 5.47. The molecule has 0 spiro atoms. The number of likely N-dealkylation sites (tertiary alicyclic amines) is 1. The first-order valence-electron chi connectivity index (χ1n) is 8.34. The predicted molar refractivity (Wildman–Crippen MR) is 91.3 cm³/mol. The van der Waals surface area contributed by atoms with Crippen LogP contribution in [0, 0.1) is 5.82 Å². The Bertz CT molecular complexity index is 656. The SMILES string of the molecule is CS(=O)(=O)N(CCC(=O)N1CCCCCC1)Cc1ccccc1F. The molecule has 0 aliphatic carbocycles. The Labute approximate surface area is 143 Å². The van der Waals surface area contributed by atoms with Crippen molar-refractivity contribution in [2.45, 2.75) is 38.6 Å². The molecule has 5 nitrogen and oxygen atoms in total. The Kier molecular flexibility index (Phi) is 6.74. The third kappa shape index (κ3) is 5.56. The molecule has 0 aromatic heterocycles. The number of hydrogen-bond donors (Lipinski definition) is 0. The second kappa shape index (κ2) is 8.58. The second-order valence-electron chi connectivity index (χ2n) is 6.23. The van der Waals surface area contributed by atoms with E-state index in [1.807, 2.05) is 4.90 Å². The first-order valence-corrected chi connectivity index (χ1v) is 10.2. The van der Waals surface area contributed by atoms with E-state index in [2.05, 4.69) is 0 Å². The zero-order chi connectivity index (χ0) is 17.6. The van der Waals surface area contributed by atoms with E-state index < -0.39 is 15.8 Å². The molecule has 0 unspecified atom stereocenters. The normalized spacial score (nSPS) is 16.2. The van der Waals surface area contributed by atoms with Crippen LogP contribution in [0.2, 0.25) is 0 Å². The van der Waals surface area contributed by atoms with Crippen molar-refractivity contribution in [1.29, 1.82) is 0 Å². The van der Waals surface area contributed by atoms with E-state index in [1.165, 1.54) is 10.4 Å². The fraction of sp³-hybridized carbons (Fsp3) is 0.588. The number of carbonyl (C=O) groups excluding carboxylic acids is 1. The van der Waals surface area contributed by atoms with Gasteiger partial charge in [0.05, 0.1) is 6.26 Å². The molecule has 0 N–H and O–H groups in total. The standard InChI is InChI=1S/C17H25FN2O3S/c1-24(22,23)20(14-15-8-4-5-9-16(15)18)13-10-17(21)19-11-6-2-3-7-12-19/h4-5,8-9H,2-3,6-7,10-14H2,1H3. The Morgan fingerprint density at radius 1 is 1.17 bits per heavy atom. The van der Waals surface area contributed by atoms with Gasteiger partial charge in [0.2, 0.25) is 15.9 Å². The van der Waals surface area contributed by atoms with Crippen molar-refractivity contribution in [2.75, 3.05) is 25.9 Å². The molecule has 0 bridgehead atoms. The van der Waals surface area contributed by atoms with Gasteiger partial charge in [0.1, 0.15) is 5.82 Å². The number of carbonyl (C=O) groups is 1. The van der Waals surface area contributed by atoms with E-state index in [1.54, 1.807) is 18.2 Å². The summed E-state index contributed by atoms with van der Waals surface area (Å²) in [5, 5.41) is 0. The Morgan fingerprint density at radius 3 is 2.38 bits per heavy atom. The lowest BCUT2D eigenvalue weighted by Gasteiger charge is -2.24. The first kappa shape index (κ1) is 18.9. The summed E-state index contributed by atoms with van der Waals surface area (Å²) in [6.45, 7) is 1.50. The number of nitrogens with zero attached hydrogens (tertiary/aromatic N) is 2. The third-order valence-electron chi connectivity index (χ3n) is 4.31. The van der Waals surface area contributed by atoms with E-state index in [4.69, 9.17) is 0 Å². The number of hydrogen-bond acceptors (Lipinski definition) is 3. The molecule has 1 amide bonds. The number of rotatable bonds is 6. The summed E-state index contributed by atoms with van der Waals surface area (Å²) in [6, 6.07) is 6.09. The molecule has 0 saturated carbocycles. The molecular weight excluding hydrogens is 331 g/mol. The zero-order valence-corrected chi connectivity index (χ0v) is 14.9. The van der Waals surface area contributed by atoms with Crippen molar-refractivity contribution in [3.8, 4) is 0 Å². The van der Waals surface area contributed by atoms with Crippen molar-refractivity contribution in [3.05, 3.63) is 35.6 Å². The van der Waals surface area contributed by atoms with Gasteiger partial charge in [-0.15, -0.1) is 0 Å². The van der Waals surface area contributed by atoms with Gasteiger partial charge in [-0.3, -0.25) is 4.79 Å². The fourth-order valence-electron chi connectivity index (χ4n) is 2.88. The van der Waals surface area contributed by atoms with Gasteiger partial charge in [0.25, 0.3) is 0 Å². The molecule has 24 heavy (non-hydrogen) atoms. The fourth-order valence-corrected chi connectivity index (χ4v) is 3.67. The largest absolute Gasteiger partial charge is 0.343 e. The van der Waals surface area contributed by atoms with Crippen LogP contribution in [-0.2, 0) is 21.4 Å². The number of benzene rings is 1. The molecule has 1 aromatic rings. The van der Waals surface area contributed by atoms with Crippen molar-refractivity contribution in [2.24, 2.45) is 0 Å². The molecule has 1 aliphatic heterocycles. The maximum absolute atomic E-state index is 13.8. The lowest BCUT2D eigenvalue weighted by Crippen LogP contribution is -2.37. The molecule has 0 atom stereocenters. The molecule has 134 valence electrons. The quantitative estimate of drug-likeness (QED) is 0.786. The molecule has 2 rings (SSSR count). The molecule has 0 radical (unpaired) electrons. The van der Waals surface area contributed by atoms with E-state index in [-0.39, 0.29) is 25.4 Å². The van der Waals surface area contributed by atoms with E-state index in [0.29, 0.717) is 5.56 Å². The third-order valence-corrected chi connectivity index (χ3v) is 5.56. The maximum atomic E-state index is 13.8. The van der Waals surface area contributed by atoms with Gasteiger partial charge in [0, 0.05) is 38.2 Å². The average Bonchev–Trinajstić information content (AvgIpc) is 2.81. The van der Waals surface area contributed by atoms with E-state index in [0.717, 1.165) is 45.0 Å². The number of halogens is 1. The Hall–Kier alpha value is -1.47. The summed E-state index contributed by atoms with van der Waals surface area (Å²) in [5.74, 6) is -0.468. The summed E-state index contributed by atoms with van der Waals surface area (Å²) in [4.78, 5) is 14.1. The summed E-state index contributed by atoms with van der Waals surface area (Å²) in [7, 11) is -3.52. The van der Waals surface area contributed by atoms with Crippen LogP contribution in [0.5, 0.6) is 0 Å². The van der Waals surface area contributed by atoms with Crippen LogP contribution in [-0.4, -0.2) is 49.4 Å². The van der Waals surface area contributed by atoms with Gasteiger partial charge in [-0.05, 0) is 18.9 Å². The number of sulfonamides is 1. The lowest BCUT2D eigenvalue weighted by atomic mass is 10.2. The highest BCUT2D eigenvalue weighted by molar-refractivity contribution is 7.88. The molecule has 1 aromatic carbocycles. The first-order chi connectivity index (χ1) is 11.4. The highest BCUT2D eigenvalue weighted by Gasteiger charge is 2.22. The smallest absolute Gasteiger partial charge is 0.223 e. The average molecular weight is 356 g/mol. The minimum absolute atomic E-state index is 0.0286. The Morgan fingerprint density at radius 2 is 1.79 bits per heavy atom. The van der Waals surface area contributed by atoms with Gasteiger partial charge in [-0.1, -0.05) is 31.0 Å². The van der Waals surface area contributed by atoms with Gasteiger partial charge in [0.15, 0.2) is 0 Å². The molecule has 1 saturated heterocycles. The molecule has 7 heteroatoms. The van der Waals surface area contributed by atoms with Crippen LogP contribution >= 0.6 is 0 Å². The van der Waals surface area contributed by atoms with E-state index >= 15 is 0 Å². The summed E-state index contributed by atoms with van der Waals surface area (Å²) < 4.78 is 38.9. The highest BCUT2D eigenvalue weighted by Crippen LogP contribution is 2.15. The summed E-state index contributed by atoms with van der Waals surface area (Å²) >= 11 is 0. The second-order valence-corrected chi connectivity index (χ2v) is 8.22. The van der Waals surface area contributed by atoms with E-state index in [9.17, 15) is 17.6 Å².